The number of rotatable bonds is 0. The summed E-state index contributed by atoms with van der Waals surface area (Å²) >= 11 is 6.55. The molecular weight excluding hydrogens is 542 g/mol. The topological polar surface area (TPSA) is 34.1 Å². The molecule has 22 heavy (non-hydrogen) atoms. The Morgan fingerprint density at radius 1 is 1.05 bits per heavy atom. The van der Waals surface area contributed by atoms with Crippen LogP contribution in [0.25, 0.3) is 0 Å². The van der Waals surface area contributed by atoms with Crippen LogP contribution in [0.5, 0.6) is 0 Å². The van der Waals surface area contributed by atoms with Crippen LogP contribution in [0.4, 0.5) is 0 Å². The van der Waals surface area contributed by atoms with Crippen molar-refractivity contribution in [3.05, 3.63) is 24.8 Å². The lowest BCUT2D eigenvalue weighted by atomic mass is 9.73. The molecule has 0 radical (unpaired) electrons. The van der Waals surface area contributed by atoms with Crippen LogP contribution in [-0.2, 0) is 16.3 Å². The van der Waals surface area contributed by atoms with Crippen molar-refractivity contribution in [1.82, 2.24) is 0 Å². The maximum atomic E-state index is 13.4. The molecule has 2 nitrogen and oxygen atoms in total. The fourth-order valence-electron chi connectivity index (χ4n) is 5.50. The van der Waals surface area contributed by atoms with Gasteiger partial charge < -0.3 is 0 Å². The maximum Gasteiger partial charge on any atom is 0.183 e. The molecule has 1 aliphatic carbocycles. The second-order valence-corrected chi connectivity index (χ2v) is 12.9. The average molecular weight is 558 g/mol. The summed E-state index contributed by atoms with van der Waals surface area (Å²) in [6.45, 7) is 0. The van der Waals surface area contributed by atoms with Crippen LogP contribution < -0.4 is 0 Å². The first kappa shape index (κ1) is 15.3. The van der Waals surface area contributed by atoms with Gasteiger partial charge in [-0.05, 0) is 99.9 Å². The van der Waals surface area contributed by atoms with E-state index in [-0.39, 0.29) is 5.25 Å². The van der Waals surface area contributed by atoms with Crippen LogP contribution in [0.2, 0.25) is 0 Å². The predicted molar refractivity (Wildman–Crippen MR) is 106 cm³/mol. The molecular formula is C16H16I2O2S2. The van der Waals surface area contributed by atoms with Gasteiger partial charge in [0.2, 0.25) is 0 Å². The quantitative estimate of drug-likeness (QED) is 0.450. The van der Waals surface area contributed by atoms with E-state index in [1.807, 2.05) is 17.8 Å². The number of thioether (sulfide) groups is 1. The Morgan fingerprint density at radius 3 is 2.55 bits per heavy atom. The summed E-state index contributed by atoms with van der Waals surface area (Å²) in [5.74, 6) is 1.84. The third-order valence-electron chi connectivity index (χ3n) is 6.13. The van der Waals surface area contributed by atoms with Crippen molar-refractivity contribution in [2.45, 2.75) is 46.3 Å². The van der Waals surface area contributed by atoms with Gasteiger partial charge in [0.15, 0.2) is 9.84 Å². The van der Waals surface area contributed by atoms with E-state index in [1.165, 1.54) is 19.3 Å². The Hall–Kier alpha value is 0.980. The van der Waals surface area contributed by atoms with Crippen molar-refractivity contribution in [3.8, 4) is 0 Å². The highest BCUT2D eigenvalue weighted by molar-refractivity contribution is 14.1. The molecule has 3 aliphatic heterocycles. The molecule has 0 aromatic heterocycles. The summed E-state index contributed by atoms with van der Waals surface area (Å²) in [6, 6.07) is 4.12. The van der Waals surface area contributed by atoms with E-state index < -0.39 is 9.84 Å². The molecule has 6 atom stereocenters. The smallest absolute Gasteiger partial charge is 0.183 e. The maximum absolute atomic E-state index is 13.4. The van der Waals surface area contributed by atoms with Gasteiger partial charge in [0.25, 0.3) is 0 Å². The van der Waals surface area contributed by atoms with Crippen LogP contribution in [0, 0.1) is 24.9 Å². The van der Waals surface area contributed by atoms with Crippen molar-refractivity contribution in [2.75, 3.05) is 0 Å². The van der Waals surface area contributed by atoms with Gasteiger partial charge in [-0.15, -0.1) is 0 Å². The van der Waals surface area contributed by atoms with Crippen molar-refractivity contribution < 1.29 is 8.42 Å². The molecule has 0 N–H and O–H groups in total. The molecule has 4 aliphatic rings. The third-order valence-corrected chi connectivity index (χ3v) is 12.5. The van der Waals surface area contributed by atoms with Crippen LogP contribution in [0.1, 0.15) is 24.8 Å². The van der Waals surface area contributed by atoms with Gasteiger partial charge in [0, 0.05) is 17.6 Å². The molecule has 1 aromatic carbocycles. The number of hydrogen-bond acceptors (Lipinski definition) is 3. The summed E-state index contributed by atoms with van der Waals surface area (Å²) in [5, 5.41) is 0.861. The first-order valence-corrected chi connectivity index (χ1v) is 12.5. The first-order chi connectivity index (χ1) is 10.5. The fourth-order valence-corrected chi connectivity index (χ4v) is 13.8. The lowest BCUT2D eigenvalue weighted by Gasteiger charge is -2.40. The zero-order chi connectivity index (χ0) is 15.2. The largest absolute Gasteiger partial charge is 0.223 e. The molecule has 3 heterocycles. The zero-order valence-electron chi connectivity index (χ0n) is 11.8. The summed E-state index contributed by atoms with van der Waals surface area (Å²) in [4.78, 5) is 0.664. The molecule has 1 aromatic rings. The minimum absolute atomic E-state index is 0.108. The van der Waals surface area contributed by atoms with Crippen LogP contribution >= 0.6 is 56.9 Å². The number of sulfone groups is 1. The van der Waals surface area contributed by atoms with E-state index in [2.05, 4.69) is 51.2 Å². The fraction of sp³-hybridized carbons (Fsp3) is 0.625. The van der Waals surface area contributed by atoms with E-state index >= 15 is 0 Å². The zero-order valence-corrected chi connectivity index (χ0v) is 17.8. The molecule has 2 bridgehead atoms. The second-order valence-electron chi connectivity index (χ2n) is 7.08. The van der Waals surface area contributed by atoms with Gasteiger partial charge in [0.05, 0.1) is 10.1 Å². The van der Waals surface area contributed by atoms with E-state index in [9.17, 15) is 8.42 Å². The van der Waals surface area contributed by atoms with Gasteiger partial charge in [-0.25, -0.2) is 8.42 Å². The Bertz CT molecular complexity index is 777. The molecule has 118 valence electrons. The molecule has 1 saturated carbocycles. The molecule has 6 unspecified atom stereocenters. The van der Waals surface area contributed by atoms with Gasteiger partial charge >= 0.3 is 0 Å². The third kappa shape index (κ3) is 1.87. The minimum atomic E-state index is -3.17. The van der Waals surface area contributed by atoms with Crippen molar-refractivity contribution >= 4 is 66.8 Å². The highest BCUT2D eigenvalue weighted by atomic mass is 127. The highest BCUT2D eigenvalue weighted by Gasteiger charge is 2.64. The molecule has 3 fully saturated rings. The highest BCUT2D eigenvalue weighted by Crippen LogP contribution is 2.65. The molecule has 0 amide bonds. The van der Waals surface area contributed by atoms with Crippen molar-refractivity contribution in [3.63, 3.8) is 0 Å². The molecule has 0 spiro atoms. The standard InChI is InChI=1S/C16H16I2O2S2/c17-8-4-7-5-11-13-9-2-1-3-10(9)14(21-13)16(11)22(19,20)15(7)12(18)6-8/h4,6,9-11,13-14,16H,1-3,5H2. The SMILES string of the molecule is O=S1(=O)c2c(I)cc(I)cc2CC2C3SC(C4CCCC43)C21. The second kappa shape index (κ2) is 5.00. The van der Waals surface area contributed by atoms with E-state index in [0.29, 0.717) is 27.2 Å². The van der Waals surface area contributed by atoms with E-state index in [4.69, 9.17) is 0 Å². The van der Waals surface area contributed by atoms with Gasteiger partial charge in [-0.2, -0.15) is 11.8 Å². The summed E-state index contributed by atoms with van der Waals surface area (Å²) in [7, 11) is -3.17. The number of hydrogen-bond donors (Lipinski definition) is 0. The van der Waals surface area contributed by atoms with E-state index in [1.54, 1.807) is 0 Å². The van der Waals surface area contributed by atoms with Gasteiger partial charge in [-0.3, -0.25) is 0 Å². The molecule has 6 heteroatoms. The van der Waals surface area contributed by atoms with Gasteiger partial charge in [0.1, 0.15) is 0 Å². The monoisotopic (exact) mass is 558 g/mol. The number of halogens is 2. The first-order valence-electron chi connectivity index (χ1n) is 7.86. The van der Waals surface area contributed by atoms with E-state index in [0.717, 1.165) is 25.0 Å². The Kier molecular flexibility index (Phi) is 3.47. The summed E-state index contributed by atoms with van der Waals surface area (Å²) in [5.41, 5.74) is 1.08. The molecule has 5 rings (SSSR count). The van der Waals surface area contributed by atoms with Crippen molar-refractivity contribution in [1.29, 1.82) is 0 Å². The van der Waals surface area contributed by atoms with Crippen LogP contribution in [0.3, 0.4) is 0 Å². The van der Waals surface area contributed by atoms with Crippen LogP contribution in [0.15, 0.2) is 17.0 Å². The van der Waals surface area contributed by atoms with Gasteiger partial charge in [-0.1, -0.05) is 6.42 Å². The Balaban J connectivity index is 1.69. The normalized spacial score (nSPS) is 43.7. The van der Waals surface area contributed by atoms with Crippen LogP contribution in [-0.4, -0.2) is 24.2 Å². The lowest BCUT2D eigenvalue weighted by molar-refractivity contribution is 0.255. The number of fused-ring (bicyclic) bond motifs is 9. The Labute approximate surface area is 162 Å². The average Bonchev–Trinajstić information content (AvgIpc) is 3.06. The molecule has 2 saturated heterocycles. The summed E-state index contributed by atoms with van der Waals surface area (Å²) < 4.78 is 28.8. The van der Waals surface area contributed by atoms with Crippen molar-refractivity contribution in [2.24, 2.45) is 17.8 Å². The lowest BCUT2D eigenvalue weighted by Crippen LogP contribution is -2.49. The minimum Gasteiger partial charge on any atom is -0.223 e. The number of benzene rings is 1. The predicted octanol–water partition coefficient (Wildman–Crippen LogP) is 4.12. The Morgan fingerprint density at radius 2 is 1.77 bits per heavy atom. The summed E-state index contributed by atoms with van der Waals surface area (Å²) in [6.07, 6.45) is 4.88.